The summed E-state index contributed by atoms with van der Waals surface area (Å²) in [6, 6.07) is 13.3. The third-order valence-corrected chi connectivity index (χ3v) is 3.97. The van der Waals surface area contributed by atoms with Gasteiger partial charge in [0.15, 0.2) is 0 Å². The molecule has 0 bridgehead atoms. The maximum Gasteiger partial charge on any atom is 0.0739 e. The van der Waals surface area contributed by atoms with E-state index in [2.05, 4.69) is 71.0 Å². The van der Waals surface area contributed by atoms with Crippen molar-refractivity contribution in [2.45, 2.75) is 34.6 Å². The fourth-order valence-corrected chi connectivity index (χ4v) is 3.13. The number of fused-ring (bicyclic) bond motifs is 1. The van der Waals surface area contributed by atoms with Gasteiger partial charge in [-0.25, -0.2) is 4.98 Å². The van der Waals surface area contributed by atoms with E-state index < -0.39 is 0 Å². The molecule has 0 fully saturated rings. The lowest BCUT2D eigenvalue weighted by Crippen LogP contribution is -1.93. The van der Waals surface area contributed by atoms with E-state index in [9.17, 15) is 0 Å². The Morgan fingerprint density at radius 1 is 0.619 bits per heavy atom. The zero-order chi connectivity index (χ0) is 15.1. The summed E-state index contributed by atoms with van der Waals surface area (Å²) >= 11 is 0. The first-order chi connectivity index (χ1) is 9.94. The van der Waals surface area contributed by atoms with Crippen LogP contribution in [0.2, 0.25) is 0 Å². The Balaban J connectivity index is 2.30. The zero-order valence-electron chi connectivity index (χ0n) is 13.4. The van der Waals surface area contributed by atoms with Crippen molar-refractivity contribution in [2.24, 2.45) is 0 Å². The molecule has 0 aliphatic heterocycles. The lowest BCUT2D eigenvalue weighted by molar-refractivity contribution is 1.29. The molecule has 0 spiro atoms. The van der Waals surface area contributed by atoms with Crippen molar-refractivity contribution in [3.63, 3.8) is 0 Å². The Morgan fingerprint density at radius 3 is 1.90 bits per heavy atom. The quantitative estimate of drug-likeness (QED) is 0.576. The van der Waals surface area contributed by atoms with E-state index in [1.54, 1.807) is 0 Å². The molecular formula is C20H21N. The van der Waals surface area contributed by atoms with Crippen molar-refractivity contribution < 1.29 is 0 Å². The highest BCUT2D eigenvalue weighted by atomic mass is 14.7. The Morgan fingerprint density at radius 2 is 1.24 bits per heavy atom. The van der Waals surface area contributed by atoms with Crippen LogP contribution in [0.1, 0.15) is 27.8 Å². The van der Waals surface area contributed by atoms with Crippen LogP contribution in [0.3, 0.4) is 0 Å². The molecule has 0 N–H and O–H groups in total. The molecule has 0 amide bonds. The number of benzene rings is 2. The first kappa shape index (κ1) is 13.8. The molecule has 0 atom stereocenters. The van der Waals surface area contributed by atoms with Gasteiger partial charge < -0.3 is 0 Å². The molecule has 106 valence electrons. The third kappa shape index (κ3) is 2.56. The first-order valence-corrected chi connectivity index (χ1v) is 7.41. The maximum absolute atomic E-state index is 4.95. The van der Waals surface area contributed by atoms with Crippen LogP contribution in [0.25, 0.3) is 22.2 Å². The fourth-order valence-electron chi connectivity index (χ4n) is 3.13. The molecule has 3 aromatic rings. The molecule has 1 aromatic heterocycles. The molecule has 1 heterocycles. The minimum atomic E-state index is 1.09. The Bertz CT molecular complexity index is 824. The first-order valence-electron chi connectivity index (χ1n) is 7.41. The minimum Gasteiger partial charge on any atom is -0.247 e. The number of hydrogen-bond donors (Lipinski definition) is 0. The number of hydrogen-bond acceptors (Lipinski definition) is 1. The van der Waals surface area contributed by atoms with Gasteiger partial charge in [-0.1, -0.05) is 23.3 Å². The molecule has 2 aromatic carbocycles. The summed E-state index contributed by atoms with van der Waals surface area (Å²) in [4.78, 5) is 4.95. The van der Waals surface area contributed by atoms with E-state index in [4.69, 9.17) is 4.98 Å². The van der Waals surface area contributed by atoms with Gasteiger partial charge in [0.25, 0.3) is 0 Å². The van der Waals surface area contributed by atoms with Crippen LogP contribution in [0.4, 0.5) is 0 Å². The summed E-state index contributed by atoms with van der Waals surface area (Å²) in [7, 11) is 0. The van der Waals surface area contributed by atoms with E-state index in [1.807, 2.05) is 0 Å². The molecule has 21 heavy (non-hydrogen) atoms. The van der Waals surface area contributed by atoms with Crippen molar-refractivity contribution in [1.82, 2.24) is 4.98 Å². The Hall–Kier alpha value is -2.15. The van der Waals surface area contributed by atoms with Crippen molar-refractivity contribution in [2.75, 3.05) is 0 Å². The van der Waals surface area contributed by atoms with Gasteiger partial charge in [-0.2, -0.15) is 0 Å². The van der Waals surface area contributed by atoms with Crippen molar-refractivity contribution in [3.05, 3.63) is 64.2 Å². The second-order valence-electron chi connectivity index (χ2n) is 6.18. The summed E-state index contributed by atoms with van der Waals surface area (Å²) in [6.45, 7) is 10.7. The van der Waals surface area contributed by atoms with Crippen molar-refractivity contribution in [3.8, 4) is 11.3 Å². The summed E-state index contributed by atoms with van der Waals surface area (Å²) in [5.74, 6) is 0. The standard InChI is InChI=1S/C20H21N/c1-12-6-13(2)9-17(8-12)20-16(5)11-18-15(4)7-14(3)10-19(18)21-20/h6-11H,1-5H3. The average Bonchev–Trinajstić information content (AvgIpc) is 2.38. The van der Waals surface area contributed by atoms with Crippen LogP contribution in [0.15, 0.2) is 36.4 Å². The SMILES string of the molecule is Cc1cc(C)cc(-c2nc3cc(C)cc(C)c3cc2C)c1. The van der Waals surface area contributed by atoms with E-state index in [0.717, 1.165) is 11.2 Å². The third-order valence-electron chi connectivity index (χ3n) is 3.97. The van der Waals surface area contributed by atoms with Crippen LogP contribution < -0.4 is 0 Å². The highest BCUT2D eigenvalue weighted by Gasteiger charge is 2.09. The molecule has 0 saturated heterocycles. The highest BCUT2D eigenvalue weighted by Crippen LogP contribution is 2.28. The van der Waals surface area contributed by atoms with Crippen LogP contribution in [-0.4, -0.2) is 4.98 Å². The normalized spacial score (nSPS) is 11.1. The summed E-state index contributed by atoms with van der Waals surface area (Å²) in [6.07, 6.45) is 0. The number of rotatable bonds is 1. The molecule has 0 radical (unpaired) electrons. The summed E-state index contributed by atoms with van der Waals surface area (Å²) in [5.41, 5.74) is 9.77. The van der Waals surface area contributed by atoms with Gasteiger partial charge >= 0.3 is 0 Å². The van der Waals surface area contributed by atoms with Crippen LogP contribution in [0, 0.1) is 34.6 Å². The van der Waals surface area contributed by atoms with Crippen LogP contribution >= 0.6 is 0 Å². The lowest BCUT2D eigenvalue weighted by Gasteiger charge is -2.11. The second-order valence-corrected chi connectivity index (χ2v) is 6.18. The summed E-state index contributed by atoms with van der Waals surface area (Å²) < 4.78 is 0. The van der Waals surface area contributed by atoms with Crippen LogP contribution in [0.5, 0.6) is 0 Å². The number of pyridine rings is 1. The average molecular weight is 275 g/mol. The fraction of sp³-hybridized carbons (Fsp3) is 0.250. The highest BCUT2D eigenvalue weighted by molar-refractivity contribution is 5.86. The van der Waals surface area contributed by atoms with E-state index in [1.165, 1.54) is 38.8 Å². The van der Waals surface area contributed by atoms with Gasteiger partial charge in [-0.05, 0) is 75.6 Å². The van der Waals surface area contributed by atoms with Crippen LogP contribution in [-0.2, 0) is 0 Å². The van der Waals surface area contributed by atoms with E-state index in [0.29, 0.717) is 0 Å². The molecule has 3 rings (SSSR count). The number of aromatic nitrogens is 1. The minimum absolute atomic E-state index is 1.09. The zero-order valence-corrected chi connectivity index (χ0v) is 13.4. The number of aryl methyl sites for hydroxylation is 5. The largest absolute Gasteiger partial charge is 0.247 e. The molecule has 1 nitrogen and oxygen atoms in total. The molecule has 0 aliphatic carbocycles. The predicted octanol–water partition coefficient (Wildman–Crippen LogP) is 5.44. The van der Waals surface area contributed by atoms with Gasteiger partial charge in [-0.3, -0.25) is 0 Å². The van der Waals surface area contributed by atoms with E-state index >= 15 is 0 Å². The second kappa shape index (κ2) is 5.00. The van der Waals surface area contributed by atoms with Crippen molar-refractivity contribution >= 4 is 10.9 Å². The molecule has 0 aliphatic rings. The predicted molar refractivity (Wildman–Crippen MR) is 90.9 cm³/mol. The van der Waals surface area contributed by atoms with Gasteiger partial charge in [0.05, 0.1) is 11.2 Å². The monoisotopic (exact) mass is 275 g/mol. The molecule has 0 saturated carbocycles. The molecular weight excluding hydrogens is 254 g/mol. The summed E-state index contributed by atoms with van der Waals surface area (Å²) in [5, 5.41) is 1.26. The topological polar surface area (TPSA) is 12.9 Å². The van der Waals surface area contributed by atoms with Gasteiger partial charge in [0, 0.05) is 10.9 Å². The Labute approximate surface area is 126 Å². The molecule has 0 unspecified atom stereocenters. The van der Waals surface area contributed by atoms with E-state index in [-0.39, 0.29) is 0 Å². The molecule has 1 heteroatoms. The van der Waals surface area contributed by atoms with Gasteiger partial charge in [-0.15, -0.1) is 0 Å². The van der Waals surface area contributed by atoms with Crippen molar-refractivity contribution in [1.29, 1.82) is 0 Å². The number of nitrogens with zero attached hydrogens (tertiary/aromatic N) is 1. The maximum atomic E-state index is 4.95. The Kier molecular flexibility index (Phi) is 3.29. The van der Waals surface area contributed by atoms with Gasteiger partial charge in [0.2, 0.25) is 0 Å². The van der Waals surface area contributed by atoms with Gasteiger partial charge in [0.1, 0.15) is 0 Å². The lowest BCUT2D eigenvalue weighted by atomic mass is 9.98. The smallest absolute Gasteiger partial charge is 0.0739 e.